The number of halogens is 1. The molecule has 0 unspecified atom stereocenters. The van der Waals surface area contributed by atoms with Crippen LogP contribution < -0.4 is 20.6 Å². The van der Waals surface area contributed by atoms with Crippen LogP contribution in [0.3, 0.4) is 0 Å². The van der Waals surface area contributed by atoms with Gasteiger partial charge in [0.25, 0.3) is 0 Å². The van der Waals surface area contributed by atoms with Gasteiger partial charge in [-0.3, -0.25) is 0 Å². The summed E-state index contributed by atoms with van der Waals surface area (Å²) in [7, 11) is 3.07. The zero-order valence-electron chi connectivity index (χ0n) is 13.5. The van der Waals surface area contributed by atoms with E-state index in [4.69, 9.17) is 26.8 Å². The van der Waals surface area contributed by atoms with Crippen molar-refractivity contribution in [3.8, 4) is 11.5 Å². The van der Waals surface area contributed by atoms with Gasteiger partial charge in [-0.2, -0.15) is 5.10 Å². The van der Waals surface area contributed by atoms with Gasteiger partial charge in [-0.15, -0.1) is 0 Å². The monoisotopic (exact) mass is 346 g/mol. The molecule has 7 heteroatoms. The summed E-state index contributed by atoms with van der Waals surface area (Å²) in [6, 6.07) is 13.3. The fraction of sp³-hybridized carbons (Fsp3) is 0.176. The number of aliphatic imine (C=N–C) groups is 1. The normalized spacial score (nSPS) is 11.5. The number of rotatable bonds is 6. The summed E-state index contributed by atoms with van der Waals surface area (Å²) in [5, 5.41) is 4.44. The van der Waals surface area contributed by atoms with Gasteiger partial charge in [-0.25, -0.2) is 10.4 Å². The molecule has 0 aliphatic heterocycles. The summed E-state index contributed by atoms with van der Waals surface area (Å²) < 4.78 is 10.4. The number of benzene rings is 2. The highest BCUT2D eigenvalue weighted by Crippen LogP contribution is 2.36. The van der Waals surface area contributed by atoms with Crippen molar-refractivity contribution < 1.29 is 9.47 Å². The van der Waals surface area contributed by atoms with Gasteiger partial charge in [0.05, 0.1) is 32.0 Å². The maximum Gasteiger partial charge on any atom is 0.209 e. The fourth-order valence-corrected chi connectivity index (χ4v) is 2.25. The third-order valence-corrected chi connectivity index (χ3v) is 3.56. The molecule has 2 rings (SSSR count). The van der Waals surface area contributed by atoms with E-state index in [1.54, 1.807) is 19.2 Å². The molecule has 0 aromatic heterocycles. The van der Waals surface area contributed by atoms with Crippen molar-refractivity contribution >= 4 is 23.8 Å². The van der Waals surface area contributed by atoms with E-state index in [2.05, 4.69) is 15.5 Å². The molecule has 0 fully saturated rings. The first kappa shape index (κ1) is 17.6. The Labute approximate surface area is 145 Å². The molecule has 0 amide bonds. The maximum atomic E-state index is 6.26. The number of ether oxygens (including phenoxy) is 2. The van der Waals surface area contributed by atoms with E-state index in [0.29, 0.717) is 28.6 Å². The molecule has 6 nitrogen and oxygen atoms in total. The molecule has 126 valence electrons. The number of nitrogens with one attached hydrogen (secondary N) is 1. The molecule has 0 spiro atoms. The van der Waals surface area contributed by atoms with Crippen LogP contribution in [-0.2, 0) is 6.54 Å². The van der Waals surface area contributed by atoms with Crippen LogP contribution >= 0.6 is 11.6 Å². The van der Waals surface area contributed by atoms with Crippen LogP contribution in [0.1, 0.15) is 11.1 Å². The zero-order valence-corrected chi connectivity index (χ0v) is 14.2. The first-order valence-corrected chi connectivity index (χ1v) is 7.57. The number of nitrogens with zero attached hydrogens (tertiary/aromatic N) is 2. The molecule has 0 atom stereocenters. The number of guanidine groups is 1. The van der Waals surface area contributed by atoms with Gasteiger partial charge in [0.1, 0.15) is 0 Å². The molecule has 2 aromatic carbocycles. The van der Waals surface area contributed by atoms with Gasteiger partial charge in [-0.1, -0.05) is 41.9 Å². The number of methoxy groups -OCH3 is 2. The largest absolute Gasteiger partial charge is 0.493 e. The van der Waals surface area contributed by atoms with Crippen LogP contribution in [0, 0.1) is 0 Å². The van der Waals surface area contributed by atoms with Crippen molar-refractivity contribution in [3.05, 3.63) is 58.6 Å². The highest BCUT2D eigenvalue weighted by molar-refractivity contribution is 6.34. The second-order valence-electron chi connectivity index (χ2n) is 4.76. The molecule has 0 aliphatic carbocycles. The Balaban J connectivity index is 2.01. The summed E-state index contributed by atoms with van der Waals surface area (Å²) in [4.78, 5) is 4.20. The molecular formula is C17H19ClN4O2. The molecular weight excluding hydrogens is 328 g/mol. The van der Waals surface area contributed by atoms with Gasteiger partial charge < -0.3 is 15.2 Å². The first-order chi connectivity index (χ1) is 11.7. The fourth-order valence-electron chi connectivity index (χ4n) is 1.97. The van der Waals surface area contributed by atoms with Gasteiger partial charge in [0.2, 0.25) is 5.96 Å². The Morgan fingerprint density at radius 2 is 1.92 bits per heavy atom. The maximum absolute atomic E-state index is 6.26. The molecule has 0 aliphatic rings. The quantitative estimate of drug-likeness (QED) is 0.479. The second kappa shape index (κ2) is 8.79. The molecule has 0 bridgehead atoms. The second-order valence-corrected chi connectivity index (χ2v) is 5.14. The SMILES string of the molecule is COc1ccc(/C=N\NC(N)=NCc2ccccc2)c(Cl)c1OC. The average Bonchev–Trinajstić information content (AvgIpc) is 2.62. The topological polar surface area (TPSA) is 81.2 Å². The van der Waals surface area contributed by atoms with Crippen LogP contribution in [0.4, 0.5) is 0 Å². The molecule has 0 saturated carbocycles. The van der Waals surface area contributed by atoms with Crippen molar-refractivity contribution in [2.75, 3.05) is 14.2 Å². The van der Waals surface area contributed by atoms with E-state index < -0.39 is 0 Å². The van der Waals surface area contributed by atoms with Crippen molar-refractivity contribution in [2.45, 2.75) is 6.54 Å². The van der Waals surface area contributed by atoms with E-state index in [-0.39, 0.29) is 5.96 Å². The molecule has 3 N–H and O–H groups in total. The van der Waals surface area contributed by atoms with Crippen LogP contribution in [0.5, 0.6) is 11.5 Å². The minimum absolute atomic E-state index is 0.215. The molecule has 0 radical (unpaired) electrons. The standard InChI is InChI=1S/C17H19ClN4O2/c1-23-14-9-8-13(15(18)16(14)24-2)11-21-22-17(19)20-10-12-6-4-3-5-7-12/h3-9,11H,10H2,1-2H3,(H3,19,20,22)/b21-11-. The highest BCUT2D eigenvalue weighted by Gasteiger charge is 2.11. The van der Waals surface area contributed by atoms with Gasteiger partial charge in [0, 0.05) is 5.56 Å². The van der Waals surface area contributed by atoms with Crippen molar-refractivity contribution in [1.82, 2.24) is 5.43 Å². The van der Waals surface area contributed by atoms with Crippen LogP contribution in [0.25, 0.3) is 0 Å². The van der Waals surface area contributed by atoms with E-state index in [9.17, 15) is 0 Å². The summed E-state index contributed by atoms with van der Waals surface area (Å²) in [6.07, 6.45) is 1.54. The van der Waals surface area contributed by atoms with Crippen LogP contribution in [-0.4, -0.2) is 26.4 Å². The summed E-state index contributed by atoms with van der Waals surface area (Å²) in [6.45, 7) is 0.478. The minimum Gasteiger partial charge on any atom is -0.493 e. The van der Waals surface area contributed by atoms with Crippen molar-refractivity contribution in [1.29, 1.82) is 0 Å². The molecule has 24 heavy (non-hydrogen) atoms. The summed E-state index contributed by atoms with van der Waals surface area (Å²) in [5.74, 6) is 1.22. The van der Waals surface area contributed by atoms with Crippen LogP contribution in [0.2, 0.25) is 5.02 Å². The molecule has 2 aromatic rings. The van der Waals surface area contributed by atoms with Gasteiger partial charge in [0.15, 0.2) is 11.5 Å². The lowest BCUT2D eigenvalue weighted by atomic mass is 10.2. The Morgan fingerprint density at radius 1 is 1.17 bits per heavy atom. The Hall–Kier alpha value is -2.73. The lowest BCUT2D eigenvalue weighted by molar-refractivity contribution is 0.355. The first-order valence-electron chi connectivity index (χ1n) is 7.19. The van der Waals surface area contributed by atoms with E-state index in [1.165, 1.54) is 13.3 Å². The lowest BCUT2D eigenvalue weighted by Gasteiger charge is -2.10. The van der Waals surface area contributed by atoms with Crippen LogP contribution in [0.15, 0.2) is 52.6 Å². The Morgan fingerprint density at radius 3 is 2.58 bits per heavy atom. The third-order valence-electron chi connectivity index (χ3n) is 3.17. The molecule has 0 saturated heterocycles. The highest BCUT2D eigenvalue weighted by atomic mass is 35.5. The zero-order chi connectivity index (χ0) is 17.4. The van der Waals surface area contributed by atoms with Gasteiger partial charge in [-0.05, 0) is 17.7 Å². The smallest absolute Gasteiger partial charge is 0.209 e. The third kappa shape index (κ3) is 4.63. The number of hydrazone groups is 1. The lowest BCUT2D eigenvalue weighted by Crippen LogP contribution is -2.27. The summed E-state index contributed by atoms with van der Waals surface area (Å²) >= 11 is 6.26. The predicted octanol–water partition coefficient (Wildman–Crippen LogP) is 2.80. The van der Waals surface area contributed by atoms with E-state index in [1.807, 2.05) is 30.3 Å². The predicted molar refractivity (Wildman–Crippen MR) is 97.1 cm³/mol. The number of nitrogens with two attached hydrogens (primary N) is 1. The summed E-state index contributed by atoms with van der Waals surface area (Å²) in [5.41, 5.74) is 10.2. The number of hydrogen-bond donors (Lipinski definition) is 2. The van der Waals surface area contributed by atoms with Gasteiger partial charge >= 0.3 is 0 Å². The van der Waals surface area contributed by atoms with E-state index in [0.717, 1.165) is 5.56 Å². The number of hydrogen-bond acceptors (Lipinski definition) is 4. The Kier molecular flexibility index (Phi) is 6.45. The van der Waals surface area contributed by atoms with E-state index >= 15 is 0 Å². The minimum atomic E-state index is 0.215. The average molecular weight is 347 g/mol. The molecule has 0 heterocycles. The van der Waals surface area contributed by atoms with Crippen molar-refractivity contribution in [2.24, 2.45) is 15.8 Å². The van der Waals surface area contributed by atoms with Crippen molar-refractivity contribution in [3.63, 3.8) is 0 Å². The Bertz CT molecular complexity index is 733.